The number of hydrogen-bond donors (Lipinski definition) is 0. The van der Waals surface area contributed by atoms with Gasteiger partial charge in [0, 0.05) is 32.7 Å². The van der Waals surface area contributed by atoms with Gasteiger partial charge in [0.25, 0.3) is 0 Å². The quantitative estimate of drug-likeness (QED) is 0.855. The van der Waals surface area contributed by atoms with Crippen LogP contribution in [0.15, 0.2) is 30.6 Å². The molecule has 22 heavy (non-hydrogen) atoms. The van der Waals surface area contributed by atoms with Crippen LogP contribution in [-0.4, -0.2) is 51.6 Å². The Balaban J connectivity index is 1.45. The van der Waals surface area contributed by atoms with Crippen LogP contribution >= 0.6 is 0 Å². The predicted molar refractivity (Wildman–Crippen MR) is 85.6 cm³/mol. The number of amides is 2. The van der Waals surface area contributed by atoms with Gasteiger partial charge in [-0.2, -0.15) is 0 Å². The van der Waals surface area contributed by atoms with Gasteiger partial charge in [-0.15, -0.1) is 0 Å². The van der Waals surface area contributed by atoms with Gasteiger partial charge in [0.05, 0.1) is 17.4 Å². The van der Waals surface area contributed by atoms with E-state index in [-0.39, 0.29) is 6.03 Å². The van der Waals surface area contributed by atoms with Crippen molar-refractivity contribution in [1.29, 1.82) is 0 Å². The number of rotatable bonds is 2. The summed E-state index contributed by atoms with van der Waals surface area (Å²) in [6.45, 7) is 4.61. The minimum atomic E-state index is 0.242. The van der Waals surface area contributed by atoms with Crippen molar-refractivity contribution in [1.82, 2.24) is 19.4 Å². The molecule has 0 bridgehead atoms. The Morgan fingerprint density at radius 3 is 2.77 bits per heavy atom. The smallest absolute Gasteiger partial charge is 0.320 e. The highest BCUT2D eigenvalue weighted by Crippen LogP contribution is 2.23. The molecule has 116 valence electrons. The summed E-state index contributed by atoms with van der Waals surface area (Å²) in [5, 5.41) is 0. The molecule has 1 unspecified atom stereocenters. The topological polar surface area (TPSA) is 41.4 Å². The van der Waals surface area contributed by atoms with Crippen molar-refractivity contribution in [3.05, 3.63) is 30.6 Å². The van der Waals surface area contributed by atoms with Crippen LogP contribution in [0.3, 0.4) is 0 Å². The number of nitrogens with zero attached hydrogens (tertiary/aromatic N) is 4. The fraction of sp³-hybridized carbons (Fsp3) is 0.529. The van der Waals surface area contributed by atoms with Gasteiger partial charge in [0.15, 0.2) is 0 Å². The molecule has 1 aromatic heterocycles. The van der Waals surface area contributed by atoms with Gasteiger partial charge in [-0.1, -0.05) is 12.1 Å². The SMILES string of the molecule is O=C(N1CCC1)N1CCCC(Cn2cnc3ccccc32)C1. The maximum absolute atomic E-state index is 12.4. The van der Waals surface area contributed by atoms with Crippen LogP contribution < -0.4 is 0 Å². The van der Waals surface area contributed by atoms with Crippen molar-refractivity contribution in [3.63, 3.8) is 0 Å². The molecule has 5 heteroatoms. The lowest BCUT2D eigenvalue weighted by Gasteiger charge is -2.39. The van der Waals surface area contributed by atoms with E-state index in [9.17, 15) is 4.79 Å². The average molecular weight is 298 g/mol. The number of para-hydroxylation sites is 2. The lowest BCUT2D eigenvalue weighted by Crippen LogP contribution is -2.52. The zero-order chi connectivity index (χ0) is 14.9. The molecular formula is C17H22N4O. The number of fused-ring (bicyclic) bond motifs is 1. The fourth-order valence-electron chi connectivity index (χ4n) is 3.53. The summed E-state index contributed by atoms with van der Waals surface area (Å²) in [7, 11) is 0. The monoisotopic (exact) mass is 298 g/mol. The molecule has 2 amide bonds. The van der Waals surface area contributed by atoms with E-state index in [0.717, 1.165) is 51.1 Å². The summed E-state index contributed by atoms with van der Waals surface area (Å²) in [5.41, 5.74) is 2.24. The van der Waals surface area contributed by atoms with E-state index in [2.05, 4.69) is 21.7 Å². The summed E-state index contributed by atoms with van der Waals surface area (Å²) < 4.78 is 2.23. The second kappa shape index (κ2) is 5.63. The summed E-state index contributed by atoms with van der Waals surface area (Å²) in [4.78, 5) is 20.9. The van der Waals surface area contributed by atoms with Gasteiger partial charge >= 0.3 is 6.03 Å². The Bertz CT molecular complexity index is 676. The zero-order valence-corrected chi connectivity index (χ0v) is 12.8. The number of urea groups is 1. The number of piperidine rings is 1. The minimum Gasteiger partial charge on any atom is -0.330 e. The van der Waals surface area contributed by atoms with E-state index in [1.807, 2.05) is 28.3 Å². The molecule has 4 rings (SSSR count). The van der Waals surface area contributed by atoms with Crippen molar-refractivity contribution in [2.45, 2.75) is 25.8 Å². The molecule has 2 aromatic rings. The van der Waals surface area contributed by atoms with Gasteiger partial charge in [-0.3, -0.25) is 0 Å². The maximum Gasteiger partial charge on any atom is 0.320 e. The van der Waals surface area contributed by atoms with Crippen LogP contribution in [0.4, 0.5) is 4.79 Å². The van der Waals surface area contributed by atoms with Crippen LogP contribution in [-0.2, 0) is 6.54 Å². The maximum atomic E-state index is 12.4. The van der Waals surface area contributed by atoms with Gasteiger partial charge in [-0.05, 0) is 37.3 Å². The third kappa shape index (κ3) is 2.45. The summed E-state index contributed by atoms with van der Waals surface area (Å²) in [6.07, 6.45) is 5.39. The van der Waals surface area contributed by atoms with E-state index < -0.39 is 0 Å². The van der Waals surface area contributed by atoms with Crippen molar-refractivity contribution < 1.29 is 4.79 Å². The zero-order valence-electron chi connectivity index (χ0n) is 12.8. The molecule has 2 aliphatic heterocycles. The lowest BCUT2D eigenvalue weighted by molar-refractivity contribution is 0.104. The molecule has 3 heterocycles. The Kier molecular flexibility index (Phi) is 3.48. The van der Waals surface area contributed by atoms with Gasteiger partial charge < -0.3 is 14.4 Å². The third-order valence-corrected chi connectivity index (χ3v) is 4.90. The first-order valence-corrected chi connectivity index (χ1v) is 8.25. The Morgan fingerprint density at radius 2 is 1.95 bits per heavy atom. The van der Waals surface area contributed by atoms with Crippen LogP contribution in [0.2, 0.25) is 0 Å². The average Bonchev–Trinajstić information content (AvgIpc) is 2.89. The molecular weight excluding hydrogens is 276 g/mol. The normalized spacial score (nSPS) is 21.9. The van der Waals surface area contributed by atoms with Crippen LogP contribution in [0, 0.1) is 5.92 Å². The summed E-state index contributed by atoms with van der Waals surface area (Å²) in [6, 6.07) is 8.49. The molecule has 0 saturated carbocycles. The number of carbonyl (C=O) groups is 1. The summed E-state index contributed by atoms with van der Waals surface area (Å²) >= 11 is 0. The highest BCUT2D eigenvalue weighted by atomic mass is 16.2. The van der Waals surface area contributed by atoms with Gasteiger partial charge in [0.2, 0.25) is 0 Å². The van der Waals surface area contributed by atoms with E-state index in [0.29, 0.717) is 5.92 Å². The van der Waals surface area contributed by atoms with E-state index in [4.69, 9.17) is 0 Å². The van der Waals surface area contributed by atoms with Crippen LogP contribution in [0.25, 0.3) is 11.0 Å². The van der Waals surface area contributed by atoms with Crippen molar-refractivity contribution >= 4 is 17.1 Å². The first-order chi connectivity index (χ1) is 10.8. The van der Waals surface area contributed by atoms with Crippen molar-refractivity contribution in [3.8, 4) is 0 Å². The molecule has 0 spiro atoms. The Morgan fingerprint density at radius 1 is 1.14 bits per heavy atom. The number of hydrogen-bond acceptors (Lipinski definition) is 2. The van der Waals surface area contributed by atoms with Gasteiger partial charge in [-0.25, -0.2) is 9.78 Å². The Hall–Kier alpha value is -2.04. The minimum absolute atomic E-state index is 0.242. The van der Waals surface area contributed by atoms with Gasteiger partial charge in [0.1, 0.15) is 0 Å². The van der Waals surface area contributed by atoms with E-state index in [1.54, 1.807) is 0 Å². The second-order valence-electron chi connectivity index (χ2n) is 6.46. The molecule has 2 fully saturated rings. The highest BCUT2D eigenvalue weighted by molar-refractivity contribution is 5.75. The molecule has 0 N–H and O–H groups in total. The second-order valence-corrected chi connectivity index (χ2v) is 6.46. The molecule has 2 saturated heterocycles. The molecule has 0 aliphatic carbocycles. The number of likely N-dealkylation sites (tertiary alicyclic amines) is 2. The third-order valence-electron chi connectivity index (χ3n) is 4.90. The lowest BCUT2D eigenvalue weighted by atomic mass is 9.98. The number of aromatic nitrogens is 2. The fourth-order valence-corrected chi connectivity index (χ4v) is 3.53. The van der Waals surface area contributed by atoms with E-state index in [1.165, 1.54) is 11.9 Å². The van der Waals surface area contributed by atoms with Crippen molar-refractivity contribution in [2.75, 3.05) is 26.2 Å². The predicted octanol–water partition coefficient (Wildman–Crippen LogP) is 2.57. The molecule has 1 atom stereocenters. The molecule has 5 nitrogen and oxygen atoms in total. The number of imidazole rings is 1. The standard InChI is InChI=1S/C17H22N4O/c22-17(19-9-4-10-19)20-8-3-5-14(11-20)12-21-13-18-15-6-1-2-7-16(15)21/h1-2,6-7,13-14H,3-5,8-12H2. The van der Waals surface area contributed by atoms with Crippen molar-refractivity contribution in [2.24, 2.45) is 5.92 Å². The number of carbonyl (C=O) groups excluding carboxylic acids is 1. The van der Waals surface area contributed by atoms with Crippen LogP contribution in [0.1, 0.15) is 19.3 Å². The highest BCUT2D eigenvalue weighted by Gasteiger charge is 2.29. The number of benzene rings is 1. The summed E-state index contributed by atoms with van der Waals surface area (Å²) in [5.74, 6) is 0.525. The molecule has 0 radical (unpaired) electrons. The molecule has 2 aliphatic rings. The Labute approximate surface area is 130 Å². The first kappa shape index (κ1) is 13.6. The van der Waals surface area contributed by atoms with E-state index >= 15 is 0 Å². The van der Waals surface area contributed by atoms with Crippen LogP contribution in [0.5, 0.6) is 0 Å². The molecule has 1 aromatic carbocycles. The first-order valence-electron chi connectivity index (χ1n) is 8.25. The largest absolute Gasteiger partial charge is 0.330 e.